The zero-order chi connectivity index (χ0) is 27.3. The van der Waals surface area contributed by atoms with Gasteiger partial charge in [-0.1, -0.05) is 76.2 Å². The maximum Gasteiger partial charge on any atom is 0.252 e. The summed E-state index contributed by atoms with van der Waals surface area (Å²) in [5.41, 5.74) is 4.41. The Morgan fingerprint density at radius 2 is 1.21 bits per heavy atom. The van der Waals surface area contributed by atoms with E-state index in [0.29, 0.717) is 40.4 Å². The first-order chi connectivity index (χ1) is 18.1. The number of nitrogens with zero attached hydrogens (tertiary/aromatic N) is 3. The molecule has 0 bridgehead atoms. The molecule has 38 heavy (non-hydrogen) atoms. The molecule has 4 aromatic rings. The minimum absolute atomic E-state index is 0.186. The van der Waals surface area contributed by atoms with Crippen molar-refractivity contribution >= 4 is 23.1 Å². The summed E-state index contributed by atoms with van der Waals surface area (Å²) in [5, 5.41) is 0. The summed E-state index contributed by atoms with van der Waals surface area (Å²) in [4.78, 5) is 60.6. The lowest BCUT2D eigenvalue weighted by Gasteiger charge is -2.15. The first-order valence-electron chi connectivity index (χ1n) is 12.7. The van der Waals surface area contributed by atoms with Gasteiger partial charge in [-0.15, -0.1) is 0 Å². The molecule has 8 nitrogen and oxygen atoms in total. The van der Waals surface area contributed by atoms with Gasteiger partial charge in [-0.25, -0.2) is 9.97 Å². The molecular weight excluding hydrogens is 480 g/mol. The monoisotopic (exact) mass is 508 g/mol. The first-order valence-corrected chi connectivity index (χ1v) is 12.7. The van der Waals surface area contributed by atoms with E-state index < -0.39 is 23.1 Å². The standard InChI is InChI=1S/C16H16N2O2.C14H12N2O2/c1-4-18-13-12(17-16(18)9(2)3)10-7-5-6-8-11(10)14(19)15(13)20;1-7(2)14-15-10-8-5-3-4-6-9(8)12(17)13(18)11(10)16-14/h5-9H,4H2,1-3H3;3-7H,1-2H3,(H,15,16). The second-order valence-corrected chi connectivity index (χ2v) is 9.97. The first kappa shape index (κ1) is 25.2. The van der Waals surface area contributed by atoms with Gasteiger partial charge in [0.2, 0.25) is 11.6 Å². The Morgan fingerprint density at radius 3 is 1.74 bits per heavy atom. The molecule has 2 aliphatic rings. The molecule has 0 amide bonds. The number of hydrogen-bond donors (Lipinski definition) is 1. The molecule has 0 fully saturated rings. The molecule has 6 rings (SSSR count). The Hall–Kier alpha value is -4.46. The summed E-state index contributed by atoms with van der Waals surface area (Å²) in [5.74, 6) is 0.146. The van der Waals surface area contributed by atoms with Gasteiger partial charge >= 0.3 is 0 Å². The predicted molar refractivity (Wildman–Crippen MR) is 143 cm³/mol. The van der Waals surface area contributed by atoms with Gasteiger partial charge in [-0.2, -0.15) is 0 Å². The smallest absolute Gasteiger partial charge is 0.252 e. The zero-order valence-corrected chi connectivity index (χ0v) is 22.0. The van der Waals surface area contributed by atoms with E-state index in [0.717, 1.165) is 22.8 Å². The van der Waals surface area contributed by atoms with Crippen LogP contribution in [0.1, 0.15) is 99.8 Å². The number of ketones is 4. The molecule has 192 valence electrons. The van der Waals surface area contributed by atoms with Crippen LogP contribution in [0.3, 0.4) is 0 Å². The molecule has 2 aliphatic carbocycles. The molecule has 0 unspecified atom stereocenters. The number of carbonyl (C=O) groups excluding carboxylic acids is 4. The molecule has 1 N–H and O–H groups in total. The van der Waals surface area contributed by atoms with Crippen molar-refractivity contribution in [3.05, 3.63) is 82.7 Å². The van der Waals surface area contributed by atoms with Crippen molar-refractivity contribution < 1.29 is 19.2 Å². The number of rotatable bonds is 3. The highest BCUT2D eigenvalue weighted by molar-refractivity contribution is 6.53. The van der Waals surface area contributed by atoms with Gasteiger partial charge < -0.3 is 9.55 Å². The van der Waals surface area contributed by atoms with Crippen LogP contribution in [0.5, 0.6) is 0 Å². The second-order valence-electron chi connectivity index (χ2n) is 9.97. The van der Waals surface area contributed by atoms with Crippen LogP contribution in [-0.4, -0.2) is 42.7 Å². The summed E-state index contributed by atoms with van der Waals surface area (Å²) in [6.07, 6.45) is 0. The third-order valence-corrected chi connectivity index (χ3v) is 6.81. The number of imidazole rings is 2. The summed E-state index contributed by atoms with van der Waals surface area (Å²) >= 11 is 0. The number of nitrogens with one attached hydrogen (secondary N) is 1. The number of aromatic amines is 1. The van der Waals surface area contributed by atoms with Gasteiger partial charge in [0.15, 0.2) is 0 Å². The highest BCUT2D eigenvalue weighted by Gasteiger charge is 2.36. The average molecular weight is 509 g/mol. The van der Waals surface area contributed by atoms with Crippen molar-refractivity contribution in [2.75, 3.05) is 0 Å². The van der Waals surface area contributed by atoms with Crippen molar-refractivity contribution in [3.63, 3.8) is 0 Å². The van der Waals surface area contributed by atoms with Crippen LogP contribution in [0.15, 0.2) is 48.5 Å². The molecule has 0 radical (unpaired) electrons. The SMILES string of the molecule is CC(C)c1nc2c([nH]1)C(=O)C(=O)c1ccccc1-2.CCn1c(C(C)C)nc2c1C(=O)C(=O)c1ccccc1-2. The van der Waals surface area contributed by atoms with Crippen LogP contribution >= 0.6 is 0 Å². The van der Waals surface area contributed by atoms with Gasteiger partial charge in [0.25, 0.3) is 11.6 Å². The van der Waals surface area contributed by atoms with E-state index in [1.807, 2.05) is 63.5 Å². The lowest BCUT2D eigenvalue weighted by Crippen LogP contribution is -2.24. The zero-order valence-electron chi connectivity index (χ0n) is 22.0. The molecule has 0 saturated heterocycles. The van der Waals surface area contributed by atoms with Crippen LogP contribution in [0.4, 0.5) is 0 Å². The van der Waals surface area contributed by atoms with Crippen LogP contribution in [-0.2, 0) is 6.54 Å². The van der Waals surface area contributed by atoms with Gasteiger partial charge in [-0.05, 0) is 6.92 Å². The summed E-state index contributed by atoms with van der Waals surface area (Å²) in [6.45, 7) is 10.7. The van der Waals surface area contributed by atoms with E-state index in [9.17, 15) is 19.2 Å². The van der Waals surface area contributed by atoms with Crippen molar-refractivity contribution in [2.24, 2.45) is 0 Å². The summed E-state index contributed by atoms with van der Waals surface area (Å²) in [7, 11) is 0. The molecular formula is C30H28N4O4. The van der Waals surface area contributed by atoms with Gasteiger partial charge in [-0.3, -0.25) is 19.2 Å². The average Bonchev–Trinajstić information content (AvgIpc) is 3.54. The van der Waals surface area contributed by atoms with E-state index in [4.69, 9.17) is 0 Å². The molecule has 0 atom stereocenters. The number of aromatic nitrogens is 4. The number of fused-ring (bicyclic) bond motifs is 6. The highest BCUT2D eigenvalue weighted by atomic mass is 16.2. The second kappa shape index (κ2) is 9.45. The Morgan fingerprint density at radius 1 is 0.684 bits per heavy atom. The van der Waals surface area contributed by atoms with Gasteiger partial charge in [0, 0.05) is 40.6 Å². The minimum Gasteiger partial charge on any atom is -0.338 e. The predicted octanol–water partition coefficient (Wildman–Crippen LogP) is 5.65. The van der Waals surface area contributed by atoms with Crippen molar-refractivity contribution in [1.29, 1.82) is 0 Å². The Labute approximate surface area is 220 Å². The van der Waals surface area contributed by atoms with Crippen LogP contribution in [0.25, 0.3) is 22.5 Å². The van der Waals surface area contributed by atoms with E-state index in [2.05, 4.69) is 15.0 Å². The number of hydrogen-bond acceptors (Lipinski definition) is 6. The van der Waals surface area contributed by atoms with Gasteiger partial charge in [0.1, 0.15) is 34.4 Å². The molecule has 8 heteroatoms. The van der Waals surface area contributed by atoms with Crippen LogP contribution < -0.4 is 0 Å². The summed E-state index contributed by atoms with van der Waals surface area (Å²) in [6, 6.07) is 14.3. The Balaban J connectivity index is 0.000000156. The quantitative estimate of drug-likeness (QED) is 0.358. The van der Waals surface area contributed by atoms with Crippen molar-refractivity contribution in [1.82, 2.24) is 19.5 Å². The fourth-order valence-corrected chi connectivity index (χ4v) is 4.91. The van der Waals surface area contributed by atoms with Crippen LogP contribution in [0.2, 0.25) is 0 Å². The molecule has 0 saturated carbocycles. The molecule has 2 heterocycles. The van der Waals surface area contributed by atoms with Gasteiger partial charge in [0.05, 0.1) is 0 Å². The topological polar surface area (TPSA) is 115 Å². The highest BCUT2D eigenvalue weighted by Crippen LogP contribution is 2.35. The maximum atomic E-state index is 12.4. The lowest BCUT2D eigenvalue weighted by atomic mass is 9.90. The fourth-order valence-electron chi connectivity index (χ4n) is 4.91. The van der Waals surface area contributed by atoms with E-state index >= 15 is 0 Å². The Bertz CT molecular complexity index is 1640. The van der Waals surface area contributed by atoms with Crippen molar-refractivity contribution in [2.45, 2.75) is 53.0 Å². The van der Waals surface area contributed by atoms with Crippen LogP contribution in [0, 0.1) is 0 Å². The van der Waals surface area contributed by atoms with E-state index in [1.54, 1.807) is 24.3 Å². The van der Waals surface area contributed by atoms with Crippen molar-refractivity contribution in [3.8, 4) is 22.5 Å². The van der Waals surface area contributed by atoms with E-state index in [1.165, 1.54) is 0 Å². The third-order valence-electron chi connectivity index (χ3n) is 6.81. The minimum atomic E-state index is -0.497. The maximum absolute atomic E-state index is 12.4. The molecule has 0 aliphatic heterocycles. The lowest BCUT2D eigenvalue weighted by molar-refractivity contribution is 0.0809. The normalized spacial score (nSPS) is 13.7. The largest absolute Gasteiger partial charge is 0.338 e. The number of carbonyl (C=O) groups is 4. The summed E-state index contributed by atoms with van der Waals surface area (Å²) < 4.78 is 1.87. The number of Topliss-reactive ketones (excluding diaryl/α,β-unsaturated/α-hetero) is 4. The third kappa shape index (κ3) is 3.84. The Kier molecular flexibility index (Phi) is 6.26. The van der Waals surface area contributed by atoms with E-state index in [-0.39, 0.29) is 11.8 Å². The number of benzene rings is 2. The molecule has 2 aromatic heterocycles. The fraction of sp³-hybridized carbons (Fsp3) is 0.267. The molecule has 0 spiro atoms. The number of H-pyrrole nitrogens is 1. The molecule has 2 aromatic carbocycles.